The predicted molar refractivity (Wildman–Crippen MR) is 95.0 cm³/mol. The molecule has 1 aromatic carbocycles. The van der Waals surface area contributed by atoms with Crippen molar-refractivity contribution in [3.8, 4) is 5.88 Å². The fourth-order valence-corrected chi connectivity index (χ4v) is 3.01. The summed E-state index contributed by atoms with van der Waals surface area (Å²) >= 11 is 3.29. The van der Waals surface area contributed by atoms with Crippen LogP contribution in [-0.4, -0.2) is 22.1 Å². The largest absolute Gasteiger partial charge is 0.479 e. The molecule has 0 bridgehead atoms. The van der Waals surface area contributed by atoms with Crippen molar-refractivity contribution in [1.82, 2.24) is 15.0 Å². The standard InChI is InChI=1S/C17H14BrF3N4O/c1-8(9-4-3-5-10(13(9)19)15(20)21)24-16-11-6-12(18)25-17(26-2)14(11)22-7-23-16/h3-8,15H,1-2H3,(H,22,23,24)/t8-/m1/s1. The molecule has 0 saturated carbocycles. The lowest BCUT2D eigenvalue weighted by atomic mass is 10.0. The number of halogens is 4. The highest BCUT2D eigenvalue weighted by Crippen LogP contribution is 2.32. The van der Waals surface area contributed by atoms with E-state index in [-0.39, 0.29) is 5.56 Å². The minimum absolute atomic E-state index is 0.120. The molecule has 1 N–H and O–H groups in total. The molecule has 26 heavy (non-hydrogen) atoms. The normalized spacial score (nSPS) is 12.4. The van der Waals surface area contributed by atoms with Gasteiger partial charge >= 0.3 is 0 Å². The van der Waals surface area contributed by atoms with Crippen molar-refractivity contribution in [2.75, 3.05) is 12.4 Å². The second-order valence-corrected chi connectivity index (χ2v) is 6.30. The zero-order valence-electron chi connectivity index (χ0n) is 13.8. The third kappa shape index (κ3) is 3.44. The Kier molecular flexibility index (Phi) is 5.26. The third-order valence-corrected chi connectivity index (χ3v) is 4.27. The second kappa shape index (κ2) is 7.45. The summed E-state index contributed by atoms with van der Waals surface area (Å²) in [5, 5.41) is 3.65. The van der Waals surface area contributed by atoms with E-state index in [4.69, 9.17) is 4.74 Å². The fourth-order valence-electron chi connectivity index (χ4n) is 2.62. The quantitative estimate of drug-likeness (QED) is 0.578. The number of anilines is 1. The molecule has 2 aromatic heterocycles. The lowest BCUT2D eigenvalue weighted by Gasteiger charge is -2.18. The van der Waals surface area contributed by atoms with Crippen LogP contribution in [0.4, 0.5) is 19.0 Å². The summed E-state index contributed by atoms with van der Waals surface area (Å²) in [5.74, 6) is -0.217. The Morgan fingerprint density at radius 2 is 1.92 bits per heavy atom. The maximum atomic E-state index is 14.4. The van der Waals surface area contributed by atoms with Crippen molar-refractivity contribution in [2.24, 2.45) is 0 Å². The van der Waals surface area contributed by atoms with Crippen LogP contribution in [-0.2, 0) is 0 Å². The van der Waals surface area contributed by atoms with Gasteiger partial charge in [-0.3, -0.25) is 0 Å². The number of aromatic nitrogens is 3. The first-order chi connectivity index (χ1) is 12.4. The molecule has 0 spiro atoms. The van der Waals surface area contributed by atoms with Crippen LogP contribution in [0.25, 0.3) is 10.9 Å². The molecule has 0 fully saturated rings. The number of rotatable bonds is 5. The molecule has 0 aliphatic heterocycles. The highest BCUT2D eigenvalue weighted by molar-refractivity contribution is 9.10. The SMILES string of the molecule is COc1nc(Br)cc2c(N[C@H](C)c3cccc(C(F)F)c3F)ncnc12. The number of fused-ring (bicyclic) bond motifs is 1. The van der Waals surface area contributed by atoms with E-state index < -0.39 is 23.8 Å². The number of pyridine rings is 1. The summed E-state index contributed by atoms with van der Waals surface area (Å²) in [7, 11) is 1.47. The van der Waals surface area contributed by atoms with Crippen LogP contribution in [0.1, 0.15) is 30.5 Å². The Labute approximate surface area is 155 Å². The van der Waals surface area contributed by atoms with E-state index in [1.165, 1.54) is 25.6 Å². The maximum Gasteiger partial charge on any atom is 0.266 e. The second-order valence-electron chi connectivity index (χ2n) is 5.49. The van der Waals surface area contributed by atoms with Gasteiger partial charge in [0.2, 0.25) is 5.88 Å². The number of methoxy groups -OCH3 is 1. The van der Waals surface area contributed by atoms with E-state index in [9.17, 15) is 13.2 Å². The number of ether oxygens (including phenoxy) is 1. The van der Waals surface area contributed by atoms with Gasteiger partial charge in [0, 0.05) is 5.56 Å². The van der Waals surface area contributed by atoms with E-state index >= 15 is 0 Å². The predicted octanol–water partition coefficient (Wildman–Crippen LogP) is 5.05. The average Bonchev–Trinajstić information content (AvgIpc) is 2.61. The van der Waals surface area contributed by atoms with Crippen LogP contribution in [0.3, 0.4) is 0 Å². The van der Waals surface area contributed by atoms with Gasteiger partial charge in [0.15, 0.2) is 0 Å². The Morgan fingerprint density at radius 1 is 1.19 bits per heavy atom. The van der Waals surface area contributed by atoms with Crippen molar-refractivity contribution in [1.29, 1.82) is 0 Å². The number of nitrogens with zero attached hydrogens (tertiary/aromatic N) is 3. The van der Waals surface area contributed by atoms with Crippen molar-refractivity contribution >= 4 is 32.7 Å². The summed E-state index contributed by atoms with van der Waals surface area (Å²) in [4.78, 5) is 12.5. The molecule has 0 unspecified atom stereocenters. The molecular formula is C17H14BrF3N4O. The minimum atomic E-state index is -2.88. The van der Waals surface area contributed by atoms with E-state index in [1.807, 2.05) is 0 Å². The van der Waals surface area contributed by atoms with E-state index in [1.54, 1.807) is 13.0 Å². The summed E-state index contributed by atoms with van der Waals surface area (Å²) in [6, 6.07) is 5.02. The highest BCUT2D eigenvalue weighted by Gasteiger charge is 2.20. The minimum Gasteiger partial charge on any atom is -0.479 e. The molecule has 5 nitrogen and oxygen atoms in total. The molecule has 0 radical (unpaired) electrons. The topological polar surface area (TPSA) is 59.9 Å². The summed E-state index contributed by atoms with van der Waals surface area (Å²) in [6.45, 7) is 1.66. The van der Waals surface area contributed by atoms with Crippen molar-refractivity contribution in [3.63, 3.8) is 0 Å². The molecule has 0 saturated heterocycles. The monoisotopic (exact) mass is 426 g/mol. The van der Waals surface area contributed by atoms with Gasteiger partial charge < -0.3 is 10.1 Å². The first kappa shape index (κ1) is 18.4. The van der Waals surface area contributed by atoms with Crippen LogP contribution < -0.4 is 10.1 Å². The Morgan fingerprint density at radius 3 is 2.62 bits per heavy atom. The fraction of sp³-hybridized carbons (Fsp3) is 0.235. The zero-order valence-corrected chi connectivity index (χ0v) is 15.4. The van der Waals surface area contributed by atoms with Gasteiger partial charge in [-0.05, 0) is 28.9 Å². The first-order valence-corrected chi connectivity index (χ1v) is 8.40. The molecule has 0 aliphatic carbocycles. The highest BCUT2D eigenvalue weighted by atomic mass is 79.9. The van der Waals surface area contributed by atoms with E-state index in [0.717, 1.165) is 6.07 Å². The molecule has 3 aromatic rings. The molecule has 3 rings (SSSR count). The number of hydrogen-bond acceptors (Lipinski definition) is 5. The van der Waals surface area contributed by atoms with Gasteiger partial charge in [-0.1, -0.05) is 18.2 Å². The van der Waals surface area contributed by atoms with Crippen molar-refractivity contribution in [2.45, 2.75) is 19.4 Å². The average molecular weight is 427 g/mol. The summed E-state index contributed by atoms with van der Waals surface area (Å²) in [6.07, 6.45) is -1.56. The van der Waals surface area contributed by atoms with Gasteiger partial charge in [-0.15, -0.1) is 0 Å². The number of alkyl halides is 2. The van der Waals surface area contributed by atoms with Gasteiger partial charge in [0.05, 0.1) is 24.1 Å². The Hall–Kier alpha value is -2.42. The molecule has 9 heteroatoms. The van der Waals surface area contributed by atoms with Crippen LogP contribution >= 0.6 is 15.9 Å². The van der Waals surface area contributed by atoms with Crippen molar-refractivity contribution in [3.05, 3.63) is 52.1 Å². The molecular weight excluding hydrogens is 413 g/mol. The lowest BCUT2D eigenvalue weighted by Crippen LogP contribution is -2.12. The molecule has 0 amide bonds. The molecule has 1 atom stereocenters. The van der Waals surface area contributed by atoms with Gasteiger partial charge in [0.1, 0.15) is 28.1 Å². The number of hydrogen-bond donors (Lipinski definition) is 1. The van der Waals surface area contributed by atoms with Crippen molar-refractivity contribution < 1.29 is 17.9 Å². The van der Waals surface area contributed by atoms with Gasteiger partial charge in [-0.2, -0.15) is 0 Å². The van der Waals surface area contributed by atoms with E-state index in [0.29, 0.717) is 27.2 Å². The van der Waals surface area contributed by atoms with Crippen LogP contribution in [0.2, 0.25) is 0 Å². The van der Waals surface area contributed by atoms with Gasteiger partial charge in [0.25, 0.3) is 6.43 Å². The van der Waals surface area contributed by atoms with Gasteiger partial charge in [-0.25, -0.2) is 28.1 Å². The third-order valence-electron chi connectivity index (χ3n) is 3.86. The Balaban J connectivity index is 2.02. The smallest absolute Gasteiger partial charge is 0.266 e. The summed E-state index contributed by atoms with van der Waals surface area (Å²) in [5.41, 5.74) is -0.0332. The summed E-state index contributed by atoms with van der Waals surface area (Å²) < 4.78 is 46.0. The molecule has 2 heterocycles. The lowest BCUT2D eigenvalue weighted by molar-refractivity contribution is 0.146. The Bertz CT molecular complexity index is 955. The zero-order chi connectivity index (χ0) is 18.8. The first-order valence-electron chi connectivity index (χ1n) is 7.60. The molecule has 0 aliphatic rings. The maximum absolute atomic E-state index is 14.4. The molecule has 136 valence electrons. The van der Waals surface area contributed by atoms with Crippen LogP contribution in [0, 0.1) is 5.82 Å². The van der Waals surface area contributed by atoms with Crippen LogP contribution in [0.15, 0.2) is 35.2 Å². The number of nitrogens with one attached hydrogen (secondary N) is 1. The van der Waals surface area contributed by atoms with E-state index in [2.05, 4.69) is 36.2 Å². The number of benzene rings is 1. The van der Waals surface area contributed by atoms with Crippen LogP contribution in [0.5, 0.6) is 5.88 Å².